The second-order valence-corrected chi connectivity index (χ2v) is 3.94. The van der Waals surface area contributed by atoms with Crippen molar-refractivity contribution in [3.63, 3.8) is 0 Å². The minimum atomic E-state index is -1.02. The van der Waals surface area contributed by atoms with Crippen molar-refractivity contribution in [1.29, 1.82) is 0 Å². The molecule has 1 heterocycles. The molecule has 15 heavy (non-hydrogen) atoms. The molecule has 1 aromatic heterocycles. The first kappa shape index (κ1) is 10.1. The molecule has 0 aromatic carbocycles. The van der Waals surface area contributed by atoms with Crippen LogP contribution in [0, 0.1) is 10.1 Å². The highest BCUT2D eigenvalue weighted by Crippen LogP contribution is 2.32. The largest absolute Gasteiger partial charge is 0.369 e. The number of aliphatic hydroxyl groups is 1. The molecule has 0 bridgehead atoms. The van der Waals surface area contributed by atoms with E-state index in [1.165, 1.54) is 17.1 Å². The Bertz CT molecular complexity index is 368. The van der Waals surface area contributed by atoms with E-state index in [4.69, 9.17) is 0 Å². The van der Waals surface area contributed by atoms with Gasteiger partial charge in [-0.05, 0) is 25.7 Å². The average Bonchev–Trinajstić information content (AvgIpc) is 2.68. The second-order valence-electron chi connectivity index (χ2n) is 3.94. The van der Waals surface area contributed by atoms with Crippen molar-refractivity contribution in [3.05, 3.63) is 22.5 Å². The molecule has 6 nitrogen and oxygen atoms in total. The maximum absolute atomic E-state index is 10.5. The van der Waals surface area contributed by atoms with Crippen molar-refractivity contribution in [2.45, 2.75) is 37.8 Å². The Morgan fingerprint density at radius 2 is 2.13 bits per heavy atom. The number of hydrogen-bond donors (Lipinski definition) is 1. The topological polar surface area (TPSA) is 81.2 Å². The van der Waals surface area contributed by atoms with Gasteiger partial charge in [0.05, 0.1) is 4.92 Å². The van der Waals surface area contributed by atoms with E-state index in [0.717, 1.165) is 19.3 Å². The van der Waals surface area contributed by atoms with E-state index in [2.05, 4.69) is 5.10 Å². The molecule has 6 heteroatoms. The van der Waals surface area contributed by atoms with Crippen molar-refractivity contribution < 1.29 is 10.0 Å². The predicted molar refractivity (Wildman–Crippen MR) is 52.2 cm³/mol. The molecule has 1 aromatic rings. The lowest BCUT2D eigenvalue weighted by atomic mass is 9.92. The Kier molecular flexibility index (Phi) is 2.44. The lowest BCUT2D eigenvalue weighted by Gasteiger charge is -2.31. The Balaban J connectivity index is 2.23. The van der Waals surface area contributed by atoms with E-state index >= 15 is 0 Å². The van der Waals surface area contributed by atoms with Gasteiger partial charge in [-0.1, -0.05) is 6.42 Å². The van der Waals surface area contributed by atoms with Crippen LogP contribution in [0.4, 0.5) is 5.69 Å². The Labute approximate surface area is 86.7 Å². The lowest BCUT2D eigenvalue weighted by molar-refractivity contribution is -0.385. The molecule has 0 saturated heterocycles. The molecule has 1 aliphatic rings. The zero-order valence-corrected chi connectivity index (χ0v) is 8.30. The first-order valence-electron chi connectivity index (χ1n) is 5.04. The van der Waals surface area contributed by atoms with Gasteiger partial charge in [-0.15, -0.1) is 0 Å². The van der Waals surface area contributed by atoms with Gasteiger partial charge in [-0.2, -0.15) is 5.10 Å². The predicted octanol–water partition coefficient (Wildman–Crippen LogP) is 1.40. The van der Waals surface area contributed by atoms with Crippen molar-refractivity contribution in [2.75, 3.05) is 0 Å². The molecule has 1 N–H and O–H groups in total. The molecule has 0 spiro atoms. The van der Waals surface area contributed by atoms with Crippen LogP contribution in [0.25, 0.3) is 0 Å². The van der Waals surface area contributed by atoms with Gasteiger partial charge in [-0.3, -0.25) is 10.1 Å². The third-order valence-electron chi connectivity index (χ3n) is 2.86. The van der Waals surface area contributed by atoms with E-state index in [0.29, 0.717) is 12.8 Å². The van der Waals surface area contributed by atoms with E-state index in [9.17, 15) is 15.2 Å². The highest BCUT2D eigenvalue weighted by atomic mass is 16.6. The first-order chi connectivity index (χ1) is 7.12. The third-order valence-corrected chi connectivity index (χ3v) is 2.86. The summed E-state index contributed by atoms with van der Waals surface area (Å²) in [6, 6.07) is 0. The monoisotopic (exact) mass is 211 g/mol. The molecule has 0 unspecified atom stereocenters. The van der Waals surface area contributed by atoms with Gasteiger partial charge in [0.1, 0.15) is 12.4 Å². The van der Waals surface area contributed by atoms with Crippen molar-refractivity contribution in [1.82, 2.24) is 9.78 Å². The maximum Gasteiger partial charge on any atom is 0.307 e. The third kappa shape index (κ3) is 1.85. The van der Waals surface area contributed by atoms with Gasteiger partial charge in [-0.25, -0.2) is 4.68 Å². The summed E-state index contributed by atoms with van der Waals surface area (Å²) in [5.41, 5.74) is -1.10. The van der Waals surface area contributed by atoms with Crippen LogP contribution in [0.1, 0.15) is 32.1 Å². The first-order valence-corrected chi connectivity index (χ1v) is 5.04. The van der Waals surface area contributed by atoms with Gasteiger partial charge < -0.3 is 5.11 Å². The number of hydrogen-bond acceptors (Lipinski definition) is 4. The highest BCUT2D eigenvalue weighted by Gasteiger charge is 2.32. The zero-order chi connectivity index (χ0) is 10.9. The van der Waals surface area contributed by atoms with Crippen LogP contribution in [0.15, 0.2) is 12.4 Å². The second kappa shape index (κ2) is 3.62. The van der Waals surface area contributed by atoms with E-state index in [1.807, 2.05) is 0 Å². The molecule has 1 saturated carbocycles. The summed E-state index contributed by atoms with van der Waals surface area (Å²) in [5, 5.41) is 24.5. The summed E-state index contributed by atoms with van der Waals surface area (Å²) >= 11 is 0. The van der Waals surface area contributed by atoms with Gasteiger partial charge in [0.2, 0.25) is 0 Å². The summed E-state index contributed by atoms with van der Waals surface area (Å²) < 4.78 is 1.32. The van der Waals surface area contributed by atoms with Gasteiger partial charge >= 0.3 is 5.69 Å². The summed E-state index contributed by atoms with van der Waals surface area (Å²) in [4.78, 5) is 9.97. The molecule has 82 valence electrons. The van der Waals surface area contributed by atoms with Gasteiger partial charge in [0.15, 0.2) is 5.72 Å². The molecule has 1 aliphatic carbocycles. The van der Waals surface area contributed by atoms with Crippen molar-refractivity contribution in [2.24, 2.45) is 0 Å². The average molecular weight is 211 g/mol. The van der Waals surface area contributed by atoms with Crippen LogP contribution >= 0.6 is 0 Å². The standard InChI is InChI=1S/C9H13N3O3/c13-9(4-2-1-3-5-9)11-7-8(6-10-11)12(14)15/h6-7,13H,1-5H2. The van der Waals surface area contributed by atoms with E-state index in [1.54, 1.807) is 0 Å². The maximum atomic E-state index is 10.5. The van der Waals surface area contributed by atoms with Crippen molar-refractivity contribution in [3.8, 4) is 0 Å². The van der Waals surface area contributed by atoms with Crippen LogP contribution in [-0.4, -0.2) is 19.8 Å². The minimum absolute atomic E-state index is 0.0750. The number of nitro groups is 1. The Hall–Kier alpha value is -1.43. The quantitative estimate of drug-likeness (QED) is 0.592. The SMILES string of the molecule is O=[N+]([O-])c1cnn(C2(O)CCCCC2)c1. The Morgan fingerprint density at radius 3 is 2.67 bits per heavy atom. The fraction of sp³-hybridized carbons (Fsp3) is 0.667. The molecule has 0 atom stereocenters. The normalized spacial score (nSPS) is 20.1. The minimum Gasteiger partial charge on any atom is -0.369 e. The van der Waals surface area contributed by atoms with Crippen LogP contribution < -0.4 is 0 Å². The zero-order valence-electron chi connectivity index (χ0n) is 8.30. The summed E-state index contributed by atoms with van der Waals surface area (Å²) in [7, 11) is 0. The van der Waals surface area contributed by atoms with Gasteiger partial charge in [0.25, 0.3) is 0 Å². The summed E-state index contributed by atoms with van der Waals surface area (Å²) in [6.45, 7) is 0. The molecule has 0 radical (unpaired) electrons. The van der Waals surface area contributed by atoms with Gasteiger partial charge in [0, 0.05) is 0 Å². The Morgan fingerprint density at radius 1 is 1.47 bits per heavy atom. The summed E-state index contributed by atoms with van der Waals surface area (Å²) in [6.07, 6.45) is 6.68. The highest BCUT2D eigenvalue weighted by molar-refractivity contribution is 5.21. The molecule has 2 rings (SSSR count). The van der Waals surface area contributed by atoms with E-state index in [-0.39, 0.29) is 5.69 Å². The smallest absolute Gasteiger partial charge is 0.307 e. The molecular formula is C9H13N3O3. The molecule has 0 amide bonds. The molecule has 1 fully saturated rings. The fourth-order valence-corrected chi connectivity index (χ4v) is 1.98. The van der Waals surface area contributed by atoms with Crippen LogP contribution in [0.5, 0.6) is 0 Å². The number of rotatable bonds is 2. The molecular weight excluding hydrogens is 198 g/mol. The van der Waals surface area contributed by atoms with E-state index < -0.39 is 10.6 Å². The van der Waals surface area contributed by atoms with Crippen LogP contribution in [0.3, 0.4) is 0 Å². The fourth-order valence-electron chi connectivity index (χ4n) is 1.98. The number of nitrogens with zero attached hydrogens (tertiary/aromatic N) is 3. The lowest BCUT2D eigenvalue weighted by Crippen LogP contribution is -2.35. The number of aromatic nitrogens is 2. The van der Waals surface area contributed by atoms with Crippen LogP contribution in [-0.2, 0) is 5.72 Å². The molecule has 0 aliphatic heterocycles. The summed E-state index contributed by atoms with van der Waals surface area (Å²) in [5.74, 6) is 0. The van der Waals surface area contributed by atoms with Crippen LogP contribution in [0.2, 0.25) is 0 Å². The van der Waals surface area contributed by atoms with Crippen molar-refractivity contribution >= 4 is 5.69 Å².